The molecular formula is C13H11ClN2O2S. The quantitative estimate of drug-likeness (QED) is 0.799. The molecular weight excluding hydrogens is 284 g/mol. The summed E-state index contributed by atoms with van der Waals surface area (Å²) in [7, 11) is -3.83. The van der Waals surface area contributed by atoms with E-state index >= 15 is 0 Å². The van der Waals surface area contributed by atoms with Gasteiger partial charge in [-0.15, -0.1) is 0 Å². The Hall–Kier alpha value is -1.77. The number of allylic oxidation sites excluding steroid dienone is 3. The van der Waals surface area contributed by atoms with Crippen molar-refractivity contribution in [1.82, 2.24) is 0 Å². The smallest absolute Gasteiger partial charge is 0.237 e. The van der Waals surface area contributed by atoms with Crippen LogP contribution in [0, 0.1) is 11.3 Å². The first-order valence-electron chi connectivity index (χ1n) is 5.49. The molecule has 98 valence electrons. The fraction of sp³-hybridized carbons (Fsp3) is 0.154. The number of halogens is 1. The molecule has 0 aliphatic carbocycles. The van der Waals surface area contributed by atoms with E-state index in [1.54, 1.807) is 37.3 Å². The molecule has 0 aromatic heterocycles. The summed E-state index contributed by atoms with van der Waals surface area (Å²) in [6.07, 6.45) is 0. The van der Waals surface area contributed by atoms with E-state index in [4.69, 9.17) is 16.9 Å². The Morgan fingerprint density at radius 1 is 1.21 bits per heavy atom. The minimum atomic E-state index is -3.83. The minimum Gasteiger partial charge on any atom is -0.237 e. The highest BCUT2D eigenvalue weighted by atomic mass is 35.5. The van der Waals surface area contributed by atoms with Gasteiger partial charge in [0.2, 0.25) is 0 Å². The van der Waals surface area contributed by atoms with Crippen LogP contribution in [0.15, 0.2) is 51.5 Å². The number of para-hydroxylation sites is 1. The summed E-state index contributed by atoms with van der Waals surface area (Å²) < 4.78 is 25.6. The molecule has 0 bridgehead atoms. The van der Waals surface area contributed by atoms with Gasteiger partial charge in [-0.05, 0) is 26.0 Å². The SMILES string of the molecule is CC1=C(Cl)S(=O)(=O)N(c2ccccc2)C(C)=C1C#N. The molecule has 1 aromatic rings. The van der Waals surface area contributed by atoms with Gasteiger partial charge in [-0.25, -0.2) is 4.31 Å². The van der Waals surface area contributed by atoms with Crippen LogP contribution in [0.1, 0.15) is 13.8 Å². The summed E-state index contributed by atoms with van der Waals surface area (Å²) in [6, 6.07) is 10.5. The second kappa shape index (κ2) is 4.72. The lowest BCUT2D eigenvalue weighted by atomic mass is 10.1. The maximum Gasteiger partial charge on any atom is 0.279 e. The van der Waals surface area contributed by atoms with Crippen LogP contribution in [0.5, 0.6) is 0 Å². The Morgan fingerprint density at radius 3 is 2.32 bits per heavy atom. The molecule has 0 N–H and O–H groups in total. The summed E-state index contributed by atoms with van der Waals surface area (Å²) in [5.41, 5.74) is 1.38. The van der Waals surface area contributed by atoms with Crippen molar-refractivity contribution in [3.63, 3.8) is 0 Å². The maximum atomic E-state index is 12.4. The Labute approximate surface area is 117 Å². The van der Waals surface area contributed by atoms with Gasteiger partial charge in [0.05, 0.1) is 11.3 Å². The molecule has 0 saturated carbocycles. The molecule has 6 heteroatoms. The van der Waals surface area contributed by atoms with Crippen molar-refractivity contribution >= 4 is 27.3 Å². The van der Waals surface area contributed by atoms with Crippen LogP contribution in [0.4, 0.5) is 5.69 Å². The lowest BCUT2D eigenvalue weighted by Crippen LogP contribution is -2.33. The van der Waals surface area contributed by atoms with E-state index in [0.29, 0.717) is 11.4 Å². The predicted molar refractivity (Wildman–Crippen MR) is 74.7 cm³/mol. The summed E-state index contributed by atoms with van der Waals surface area (Å²) in [5, 5.41) is 9.16. The highest BCUT2D eigenvalue weighted by Crippen LogP contribution is 2.38. The minimum absolute atomic E-state index is 0.281. The zero-order valence-electron chi connectivity index (χ0n) is 10.4. The van der Waals surface area contributed by atoms with Crippen LogP contribution < -0.4 is 4.31 Å². The molecule has 0 saturated heterocycles. The number of benzene rings is 1. The van der Waals surface area contributed by atoms with Gasteiger partial charge in [0, 0.05) is 11.3 Å². The third-order valence-corrected chi connectivity index (χ3v) is 5.50. The van der Waals surface area contributed by atoms with Crippen molar-refractivity contribution in [2.75, 3.05) is 4.31 Å². The molecule has 0 unspecified atom stereocenters. The van der Waals surface area contributed by atoms with Gasteiger partial charge in [-0.2, -0.15) is 13.7 Å². The average molecular weight is 295 g/mol. The highest BCUT2D eigenvalue weighted by Gasteiger charge is 2.35. The fourth-order valence-electron chi connectivity index (χ4n) is 1.99. The Balaban J connectivity index is 2.76. The summed E-state index contributed by atoms with van der Waals surface area (Å²) in [4.78, 5) is 0. The van der Waals surface area contributed by atoms with Gasteiger partial charge in [-0.1, -0.05) is 29.8 Å². The number of rotatable bonds is 1. The van der Waals surface area contributed by atoms with Crippen molar-refractivity contribution in [2.45, 2.75) is 13.8 Å². The van der Waals surface area contributed by atoms with Crippen molar-refractivity contribution in [3.05, 3.63) is 51.5 Å². The molecule has 1 aromatic carbocycles. The van der Waals surface area contributed by atoms with Gasteiger partial charge in [0.1, 0.15) is 6.07 Å². The van der Waals surface area contributed by atoms with Gasteiger partial charge < -0.3 is 0 Å². The van der Waals surface area contributed by atoms with E-state index in [9.17, 15) is 8.42 Å². The van der Waals surface area contributed by atoms with Gasteiger partial charge in [-0.3, -0.25) is 0 Å². The first-order chi connectivity index (χ1) is 8.91. The van der Waals surface area contributed by atoms with Crippen LogP contribution >= 0.6 is 11.6 Å². The number of nitrogens with zero attached hydrogens (tertiary/aromatic N) is 2. The summed E-state index contributed by atoms with van der Waals surface area (Å²) in [6.45, 7) is 3.13. The molecule has 1 heterocycles. The van der Waals surface area contributed by atoms with Gasteiger partial charge in [0.25, 0.3) is 10.0 Å². The third-order valence-electron chi connectivity index (χ3n) is 2.91. The lowest BCUT2D eigenvalue weighted by molar-refractivity contribution is 0.601. The topological polar surface area (TPSA) is 61.2 Å². The number of hydrogen-bond donors (Lipinski definition) is 0. The zero-order valence-corrected chi connectivity index (χ0v) is 12.0. The van der Waals surface area contributed by atoms with Crippen molar-refractivity contribution in [2.24, 2.45) is 0 Å². The molecule has 0 fully saturated rings. The molecule has 1 aliphatic heterocycles. The van der Waals surface area contributed by atoms with Crippen molar-refractivity contribution in [3.8, 4) is 6.07 Å². The Bertz CT molecular complexity index is 728. The molecule has 1 aliphatic rings. The number of nitriles is 1. The van der Waals surface area contributed by atoms with Crippen LogP contribution in [-0.4, -0.2) is 8.42 Å². The van der Waals surface area contributed by atoms with E-state index in [0.717, 1.165) is 4.31 Å². The standard InChI is InChI=1S/C13H11ClN2O2S/c1-9-12(8-15)10(2)16(19(17,18)13(9)14)11-6-4-3-5-7-11/h3-7H,1-2H3. The van der Waals surface area contributed by atoms with E-state index in [-0.39, 0.29) is 15.5 Å². The molecule has 0 atom stereocenters. The monoisotopic (exact) mass is 294 g/mol. The van der Waals surface area contributed by atoms with E-state index in [1.165, 1.54) is 6.92 Å². The molecule has 4 nitrogen and oxygen atoms in total. The molecule has 2 rings (SSSR count). The van der Waals surface area contributed by atoms with E-state index in [1.807, 2.05) is 6.07 Å². The number of anilines is 1. The maximum absolute atomic E-state index is 12.4. The predicted octanol–water partition coefficient (Wildman–Crippen LogP) is 3.10. The van der Waals surface area contributed by atoms with E-state index in [2.05, 4.69) is 0 Å². The third kappa shape index (κ3) is 2.03. The number of hydrogen-bond acceptors (Lipinski definition) is 3. The molecule has 0 spiro atoms. The molecule has 0 radical (unpaired) electrons. The summed E-state index contributed by atoms with van der Waals surface area (Å²) in [5.74, 6) is 0. The largest absolute Gasteiger partial charge is 0.279 e. The molecule has 19 heavy (non-hydrogen) atoms. The molecule has 0 amide bonds. The Morgan fingerprint density at radius 2 is 1.79 bits per heavy atom. The summed E-state index contributed by atoms with van der Waals surface area (Å²) >= 11 is 5.91. The second-order valence-corrected chi connectivity index (χ2v) is 6.40. The first kappa shape index (κ1) is 13.7. The van der Waals surface area contributed by atoms with Crippen LogP contribution in [-0.2, 0) is 10.0 Å². The van der Waals surface area contributed by atoms with Crippen molar-refractivity contribution in [1.29, 1.82) is 5.26 Å². The van der Waals surface area contributed by atoms with Gasteiger partial charge in [0.15, 0.2) is 4.36 Å². The normalized spacial score (nSPS) is 18.5. The lowest BCUT2D eigenvalue weighted by Gasteiger charge is -2.29. The van der Waals surface area contributed by atoms with Crippen molar-refractivity contribution < 1.29 is 8.42 Å². The number of sulfonamides is 1. The Kier molecular flexibility index (Phi) is 3.40. The van der Waals surface area contributed by atoms with Crippen LogP contribution in [0.25, 0.3) is 0 Å². The first-order valence-corrected chi connectivity index (χ1v) is 7.31. The zero-order chi connectivity index (χ0) is 14.2. The van der Waals surface area contributed by atoms with Crippen LogP contribution in [0.3, 0.4) is 0 Å². The van der Waals surface area contributed by atoms with Gasteiger partial charge >= 0.3 is 0 Å². The fourth-order valence-corrected chi connectivity index (χ4v) is 3.79. The highest BCUT2D eigenvalue weighted by molar-refractivity contribution is 7.98. The second-order valence-electron chi connectivity index (χ2n) is 4.08. The van der Waals surface area contributed by atoms with E-state index < -0.39 is 10.0 Å². The average Bonchev–Trinajstić information content (AvgIpc) is 2.38. The van der Waals surface area contributed by atoms with Crippen LogP contribution in [0.2, 0.25) is 0 Å².